The van der Waals surface area contributed by atoms with Crippen LogP contribution in [-0.4, -0.2) is 0 Å². The Morgan fingerprint density at radius 2 is 0.947 bits per heavy atom. The Kier molecular flexibility index (Phi) is 6.39. The van der Waals surface area contributed by atoms with Gasteiger partial charge in [-0.1, -0.05) is 72.8 Å². The van der Waals surface area contributed by atoms with Gasteiger partial charge in [0.1, 0.15) is 23.0 Å². The van der Waals surface area contributed by atoms with Gasteiger partial charge in [0.15, 0.2) is 0 Å². The zero-order chi connectivity index (χ0) is 26.5. The number of ether oxygens (including phenoxy) is 2. The van der Waals surface area contributed by atoms with Crippen molar-refractivity contribution in [1.29, 1.82) is 10.5 Å². The number of rotatable bonds is 4. The van der Waals surface area contributed by atoms with E-state index in [9.17, 15) is 10.5 Å². The number of fused-ring (bicyclic) bond motifs is 2. The van der Waals surface area contributed by atoms with Gasteiger partial charge in [0.2, 0.25) is 0 Å². The molecule has 0 N–H and O–H groups in total. The molecule has 0 atom stereocenters. The van der Waals surface area contributed by atoms with Gasteiger partial charge >= 0.3 is 0 Å². The largest absolute Gasteiger partial charge is 0.457 e. The number of nitrogens with zero attached hydrogens (tertiary/aromatic N) is 4. The molecule has 0 aliphatic carbocycles. The first-order valence-corrected chi connectivity index (χ1v) is 11.5. The molecule has 0 saturated carbocycles. The number of benzene rings is 5. The van der Waals surface area contributed by atoms with E-state index in [1.165, 1.54) is 12.1 Å². The molecule has 0 radical (unpaired) electrons. The van der Waals surface area contributed by atoms with Crippen molar-refractivity contribution in [1.82, 2.24) is 0 Å². The molecule has 0 bridgehead atoms. The molecule has 0 heterocycles. The lowest BCUT2D eigenvalue weighted by molar-refractivity contribution is 0.468. The van der Waals surface area contributed by atoms with Crippen LogP contribution in [0.25, 0.3) is 42.6 Å². The van der Waals surface area contributed by atoms with Crippen LogP contribution in [0.1, 0.15) is 0 Å². The molecule has 0 aliphatic rings. The molecule has 6 nitrogen and oxygen atoms in total. The lowest BCUT2D eigenvalue weighted by atomic mass is 10.1. The fourth-order valence-electron chi connectivity index (χ4n) is 4.20. The van der Waals surface area contributed by atoms with E-state index in [0.717, 1.165) is 21.5 Å². The summed E-state index contributed by atoms with van der Waals surface area (Å²) in [6, 6.07) is 33.2. The molecular weight excluding hydrogens is 472 g/mol. The summed E-state index contributed by atoms with van der Waals surface area (Å²) >= 11 is 0. The molecule has 0 amide bonds. The minimum atomic E-state index is -0.212. The predicted octanol–water partition coefficient (Wildman–Crippen LogP) is 6.68. The van der Waals surface area contributed by atoms with E-state index in [1.807, 2.05) is 84.9 Å². The lowest BCUT2D eigenvalue weighted by Gasteiger charge is -2.14. The van der Waals surface area contributed by atoms with Crippen molar-refractivity contribution in [2.45, 2.75) is 0 Å². The van der Waals surface area contributed by atoms with Gasteiger partial charge in [-0.25, -0.2) is 20.2 Å². The predicted molar refractivity (Wildman–Crippen MR) is 145 cm³/mol. The standard InChI is InChI=1S/C32H16N4O2/c1-35-27(19-33)25-17-32(38-30-16-8-12-22-10-4-6-14-24(22)30)26(28(20-34)36-2)18-31(25)37-29-15-7-11-21-9-3-5-13-23(21)29/h3-18H. The second-order valence-electron chi connectivity index (χ2n) is 8.15. The number of hydrogen-bond donors (Lipinski definition) is 0. The number of hydrogen-bond acceptors (Lipinski definition) is 4. The molecule has 0 aliphatic heterocycles. The molecule has 0 fully saturated rings. The molecule has 0 aromatic heterocycles. The van der Waals surface area contributed by atoms with E-state index in [4.69, 9.17) is 22.6 Å². The maximum Gasteiger partial charge on any atom is 0.272 e. The van der Waals surface area contributed by atoms with Gasteiger partial charge in [0, 0.05) is 21.2 Å². The average molecular weight is 489 g/mol. The summed E-state index contributed by atoms with van der Waals surface area (Å²) in [5, 5.41) is 23.4. The fourth-order valence-corrected chi connectivity index (χ4v) is 4.20. The summed E-state index contributed by atoms with van der Waals surface area (Å²) in [5.74, 6) is 1.32. The minimum absolute atomic E-state index is 0.158. The van der Waals surface area contributed by atoms with Crippen molar-refractivity contribution in [3.8, 4) is 35.1 Å². The minimum Gasteiger partial charge on any atom is -0.457 e. The summed E-state index contributed by atoms with van der Waals surface area (Å²) in [7, 11) is 0. The molecule has 176 valence electrons. The third kappa shape index (κ3) is 4.34. The summed E-state index contributed by atoms with van der Waals surface area (Å²) in [4.78, 5) is 6.78. The normalized spacial score (nSPS) is 11.9. The third-order valence-electron chi connectivity index (χ3n) is 5.97. The van der Waals surface area contributed by atoms with Crippen LogP contribution in [0, 0.1) is 35.8 Å². The van der Waals surface area contributed by atoms with E-state index in [2.05, 4.69) is 9.69 Å². The highest BCUT2D eigenvalue weighted by atomic mass is 16.5. The summed E-state index contributed by atoms with van der Waals surface area (Å²) in [5.41, 5.74) is -0.424. The monoisotopic (exact) mass is 488 g/mol. The van der Waals surface area contributed by atoms with Crippen LogP contribution in [-0.2, 0) is 0 Å². The highest BCUT2D eigenvalue weighted by Gasteiger charge is 2.15. The second-order valence-corrected chi connectivity index (χ2v) is 8.15. The Balaban J connectivity index is 1.80. The van der Waals surface area contributed by atoms with Crippen LogP contribution in [0.4, 0.5) is 0 Å². The summed E-state index contributed by atoms with van der Waals surface area (Å²) in [6.07, 6.45) is 0. The zero-order valence-electron chi connectivity index (χ0n) is 19.8. The Morgan fingerprint density at radius 3 is 1.34 bits per heavy atom. The topological polar surface area (TPSA) is 74.8 Å². The Bertz CT molecular complexity index is 1840. The lowest BCUT2D eigenvalue weighted by Crippen LogP contribution is -2.17. The SMILES string of the molecule is [C-]#[N+]C(C#N)=c1cc(Oc2cccc3ccccc23)c(=C(C#N)[N+]#[C-])cc1Oc1cccc2ccccc12. The Morgan fingerprint density at radius 1 is 0.553 bits per heavy atom. The van der Waals surface area contributed by atoms with Crippen LogP contribution in [0.5, 0.6) is 23.0 Å². The quantitative estimate of drug-likeness (QED) is 0.265. The maximum atomic E-state index is 9.73. The highest BCUT2D eigenvalue weighted by Crippen LogP contribution is 2.31. The van der Waals surface area contributed by atoms with Gasteiger partial charge in [-0.15, -0.1) is 0 Å². The molecule has 5 aromatic carbocycles. The van der Waals surface area contributed by atoms with Crippen LogP contribution < -0.4 is 19.9 Å². The third-order valence-corrected chi connectivity index (χ3v) is 5.97. The molecule has 5 rings (SSSR count). The van der Waals surface area contributed by atoms with Gasteiger partial charge in [-0.3, -0.25) is 0 Å². The van der Waals surface area contributed by atoms with Crippen molar-refractivity contribution < 1.29 is 9.47 Å². The van der Waals surface area contributed by atoms with Crippen molar-refractivity contribution >= 4 is 32.9 Å². The molecule has 38 heavy (non-hydrogen) atoms. The second kappa shape index (κ2) is 10.3. The van der Waals surface area contributed by atoms with Crippen LogP contribution in [0.3, 0.4) is 0 Å². The van der Waals surface area contributed by atoms with Gasteiger partial charge in [0.25, 0.3) is 11.4 Å². The Hall–Kier alpha value is -6.08. The van der Waals surface area contributed by atoms with Gasteiger partial charge in [0.05, 0.1) is 25.3 Å². The first-order valence-electron chi connectivity index (χ1n) is 11.5. The molecule has 0 spiro atoms. The Labute approximate surface area is 218 Å². The first kappa shape index (κ1) is 23.7. The summed E-state index contributed by atoms with van der Waals surface area (Å²) in [6.45, 7) is 15.2. The smallest absolute Gasteiger partial charge is 0.272 e. The molecule has 0 saturated heterocycles. The van der Waals surface area contributed by atoms with Gasteiger partial charge < -0.3 is 9.47 Å². The van der Waals surface area contributed by atoms with Crippen molar-refractivity contribution in [3.63, 3.8) is 0 Å². The molecule has 5 aromatic rings. The van der Waals surface area contributed by atoms with Crippen LogP contribution in [0.2, 0.25) is 0 Å². The van der Waals surface area contributed by atoms with Gasteiger partial charge in [-0.2, -0.15) is 0 Å². The maximum absolute atomic E-state index is 9.73. The van der Waals surface area contributed by atoms with Gasteiger partial charge in [-0.05, 0) is 35.0 Å². The van der Waals surface area contributed by atoms with E-state index >= 15 is 0 Å². The molecule has 6 heteroatoms. The van der Waals surface area contributed by atoms with E-state index < -0.39 is 0 Å². The number of nitriles is 2. The van der Waals surface area contributed by atoms with Crippen LogP contribution >= 0.6 is 0 Å². The van der Waals surface area contributed by atoms with E-state index in [0.29, 0.717) is 11.5 Å². The van der Waals surface area contributed by atoms with Crippen molar-refractivity contribution in [2.75, 3.05) is 0 Å². The van der Waals surface area contributed by atoms with E-state index in [-0.39, 0.29) is 33.3 Å². The van der Waals surface area contributed by atoms with E-state index in [1.54, 1.807) is 12.1 Å². The summed E-state index contributed by atoms with van der Waals surface area (Å²) < 4.78 is 12.5. The zero-order valence-corrected chi connectivity index (χ0v) is 19.8. The van der Waals surface area contributed by atoms with Crippen molar-refractivity contribution in [2.24, 2.45) is 0 Å². The fraction of sp³-hybridized carbons (Fsp3) is 0. The van der Waals surface area contributed by atoms with Crippen LogP contribution in [0.15, 0.2) is 97.1 Å². The molecular formula is C32H16N4O2. The first-order chi connectivity index (χ1) is 18.7. The molecule has 0 unspecified atom stereocenters. The highest BCUT2D eigenvalue weighted by molar-refractivity contribution is 5.89. The van der Waals surface area contributed by atoms with Crippen molar-refractivity contribution in [3.05, 3.63) is 130 Å². The average Bonchev–Trinajstić information content (AvgIpc) is 2.96.